The largest absolute Gasteiger partial charge is 0.489 e. The molecule has 0 aromatic heterocycles. The average Bonchev–Trinajstić information content (AvgIpc) is 3.35. The van der Waals surface area contributed by atoms with Gasteiger partial charge in [-0.2, -0.15) is 11.8 Å². The minimum Gasteiger partial charge on any atom is -0.489 e. The maximum Gasteiger partial charge on any atom is 0.343 e. The van der Waals surface area contributed by atoms with Gasteiger partial charge in [0.05, 0.1) is 17.7 Å². The highest BCUT2D eigenvalue weighted by Crippen LogP contribution is 2.37. The molecule has 16 heteroatoms. The van der Waals surface area contributed by atoms with Crippen LogP contribution in [0.2, 0.25) is 0 Å². The second-order valence-corrected chi connectivity index (χ2v) is 20.3. The van der Waals surface area contributed by atoms with Gasteiger partial charge in [0, 0.05) is 92.9 Å². The number of carbonyl (C=O) groups is 3. The maximum absolute atomic E-state index is 14.9. The summed E-state index contributed by atoms with van der Waals surface area (Å²) in [5, 5.41) is 17.3. The summed E-state index contributed by atoms with van der Waals surface area (Å²) in [6.45, 7) is 9.26. The molecule has 6 rings (SSSR count). The number of ether oxygens (including phenoxy) is 2. The van der Waals surface area contributed by atoms with Crippen LogP contribution >= 0.6 is 11.8 Å². The van der Waals surface area contributed by atoms with Crippen LogP contribution in [-0.2, 0) is 25.8 Å². The van der Waals surface area contributed by atoms with E-state index in [4.69, 9.17) is 20.9 Å². The highest BCUT2D eigenvalue weighted by Gasteiger charge is 2.37. The lowest BCUT2D eigenvalue weighted by Crippen LogP contribution is -2.49. The van der Waals surface area contributed by atoms with Gasteiger partial charge in [0.15, 0.2) is 5.78 Å². The minimum absolute atomic E-state index is 0.0257. The van der Waals surface area contributed by atoms with E-state index < -0.39 is 59.3 Å². The number of amides is 1. The maximum atomic E-state index is 14.9. The molecule has 1 aliphatic rings. The molecular weight excluding hydrogens is 971 g/mol. The van der Waals surface area contributed by atoms with Gasteiger partial charge in [-0.25, -0.2) is 22.4 Å². The zero-order valence-corrected chi connectivity index (χ0v) is 43.9. The third-order valence-electron chi connectivity index (χ3n) is 13.5. The Bertz CT molecular complexity index is 2670. The van der Waals surface area contributed by atoms with Crippen molar-refractivity contribution < 1.29 is 46.5 Å². The fourth-order valence-corrected chi connectivity index (χ4v) is 10.4. The molecule has 1 aliphatic heterocycles. The van der Waals surface area contributed by atoms with E-state index in [1.54, 1.807) is 35.7 Å². The van der Waals surface area contributed by atoms with Gasteiger partial charge in [0.2, 0.25) is 0 Å². The molecule has 7 N–H and O–H groups in total. The number of thioether (sulfide) groups is 1. The van der Waals surface area contributed by atoms with E-state index in [1.807, 2.05) is 38.3 Å². The lowest BCUT2D eigenvalue weighted by atomic mass is 9.81. The first kappa shape index (κ1) is 57.7. The van der Waals surface area contributed by atoms with Crippen LogP contribution in [0.15, 0.2) is 91.0 Å². The zero-order chi connectivity index (χ0) is 53.5. The number of ketones is 1. The van der Waals surface area contributed by atoms with Crippen LogP contribution < -0.4 is 31.6 Å². The third kappa shape index (κ3) is 15.7. The molecule has 0 saturated carbocycles. The normalized spacial score (nSPS) is 15.4. The number of carbonyl (C=O) groups excluding carboxylic acids is 3. The molecule has 5 aromatic rings. The smallest absolute Gasteiger partial charge is 0.343 e. The quantitative estimate of drug-likeness (QED) is 0.0193. The predicted molar refractivity (Wildman–Crippen MR) is 284 cm³/mol. The number of nitrogens with one attached hydrogen (secondary N) is 2. The molecule has 11 nitrogen and oxygen atoms in total. The van der Waals surface area contributed by atoms with Gasteiger partial charge < -0.3 is 41.6 Å². The first-order valence-corrected chi connectivity index (χ1v) is 27.0. The predicted octanol–water partition coefficient (Wildman–Crippen LogP) is 9.26. The van der Waals surface area contributed by atoms with Crippen LogP contribution in [0.4, 0.5) is 17.6 Å². The molecule has 0 saturated heterocycles. The number of hydrogen-bond acceptors (Lipinski definition) is 11. The summed E-state index contributed by atoms with van der Waals surface area (Å²) < 4.78 is 70.7. The topological polar surface area (TPSA) is 169 Å². The van der Waals surface area contributed by atoms with Crippen LogP contribution in [0, 0.1) is 36.1 Å². The molecule has 74 heavy (non-hydrogen) atoms. The number of aryl methyl sites for hydroxylation is 2. The van der Waals surface area contributed by atoms with Crippen LogP contribution in [0.25, 0.3) is 0 Å². The molecule has 6 atom stereocenters. The molecule has 0 aliphatic carbocycles. The lowest BCUT2D eigenvalue weighted by molar-refractivity contribution is 0.0676. The fraction of sp³-hybridized carbons (Fsp3) is 0.431. The Morgan fingerprint density at radius 3 is 2.04 bits per heavy atom. The minimum atomic E-state index is -0.925. The van der Waals surface area contributed by atoms with E-state index in [0.29, 0.717) is 50.0 Å². The summed E-state index contributed by atoms with van der Waals surface area (Å²) in [7, 11) is 0. The van der Waals surface area contributed by atoms with E-state index in [1.165, 1.54) is 48.0 Å². The van der Waals surface area contributed by atoms with Crippen molar-refractivity contribution in [3.8, 4) is 11.5 Å². The van der Waals surface area contributed by atoms with Crippen LogP contribution in [0.1, 0.15) is 117 Å². The van der Waals surface area contributed by atoms with E-state index in [-0.39, 0.29) is 96.0 Å². The number of aliphatic hydroxyl groups is 1. The summed E-state index contributed by atoms with van der Waals surface area (Å²) in [6, 6.07) is 20.3. The summed E-state index contributed by atoms with van der Waals surface area (Å²) in [5.74, 6) is -4.95. The number of esters is 1. The number of nitrogens with zero attached hydrogens (tertiary/aromatic N) is 1. The average molecular weight is 1040 g/mol. The van der Waals surface area contributed by atoms with Crippen molar-refractivity contribution in [3.63, 3.8) is 0 Å². The molecule has 0 fully saturated rings. The fourth-order valence-electron chi connectivity index (χ4n) is 9.84. The van der Waals surface area contributed by atoms with Gasteiger partial charge in [-0.05, 0) is 139 Å². The Balaban J connectivity index is 1.38. The van der Waals surface area contributed by atoms with Crippen molar-refractivity contribution in [2.24, 2.45) is 17.4 Å². The molecule has 398 valence electrons. The summed E-state index contributed by atoms with van der Waals surface area (Å²) >= 11 is 1.61. The Morgan fingerprint density at radius 1 is 0.811 bits per heavy atom. The molecule has 1 heterocycles. The Kier molecular flexibility index (Phi) is 21.6. The summed E-state index contributed by atoms with van der Waals surface area (Å²) in [6.07, 6.45) is 3.95. The highest BCUT2D eigenvalue weighted by molar-refractivity contribution is 7.98. The van der Waals surface area contributed by atoms with Crippen molar-refractivity contribution in [3.05, 3.63) is 164 Å². The van der Waals surface area contributed by atoms with E-state index in [2.05, 4.69) is 23.6 Å². The molecule has 1 amide bonds. The summed E-state index contributed by atoms with van der Waals surface area (Å²) in [5.41, 5.74) is 18.2. The lowest BCUT2D eigenvalue weighted by Gasteiger charge is -2.35. The number of benzene rings is 5. The van der Waals surface area contributed by atoms with Gasteiger partial charge in [-0.15, -0.1) is 0 Å². The summed E-state index contributed by atoms with van der Waals surface area (Å²) in [4.78, 5) is 45.5. The number of hydrogen-bond donors (Lipinski definition) is 5. The molecule has 0 spiro atoms. The number of aliphatic hydroxyl groups excluding tert-OH is 1. The van der Waals surface area contributed by atoms with Gasteiger partial charge in [0.1, 0.15) is 40.9 Å². The van der Waals surface area contributed by atoms with Crippen LogP contribution in [-0.4, -0.2) is 96.7 Å². The molecule has 0 radical (unpaired) electrons. The van der Waals surface area contributed by atoms with Crippen molar-refractivity contribution in [2.75, 3.05) is 44.8 Å². The zero-order valence-electron chi connectivity index (χ0n) is 43.0. The number of nitrogens with two attached hydrogens (primary N) is 2. The molecular formula is C58H71F4N5O6S. The molecule has 5 aromatic carbocycles. The standard InChI is InChI=1S/C58H71F4N5O6S/c1-6-15-67(16-7-2)57(70)47-18-35(4)19-48(56(47)50(33-66-44(34-68)14-17-74-5)52(64)26-39-23-42(61)28-43(62)24-39)58(71)72-45-12-13-46-53(69)30-55(73-54(46)29-45)49(32-65-31-37-11-9-10-36(8-3)20-37)51(63)25-38-21-40(59)27-41(60)22-38/h9-13,18-24,27-29,44,49-52,55,65-66,68H,6-8,14-17,25-26,30-34,63-64H2,1-5H3/t44-,49+,50?,51?,52?,55-/m0/s1. The monoisotopic (exact) mass is 1040 g/mol. The third-order valence-corrected chi connectivity index (χ3v) is 14.2. The SMILES string of the molecule is CCCN(CCC)C(=O)c1cc(C)cc(C(=O)Oc2ccc3c(c2)O[C@H]([C@H](CNCc2cccc(CC)c2)C(N)Cc2cc(F)cc(F)c2)CC3=O)c1C(CN[C@H](CO)CCSC)C(N)Cc1cc(F)cc(F)c1. The molecule has 3 unspecified atom stereocenters. The van der Waals surface area contributed by atoms with Gasteiger partial charge in [-0.3, -0.25) is 9.59 Å². The van der Waals surface area contributed by atoms with Gasteiger partial charge >= 0.3 is 5.97 Å². The molecule has 0 bridgehead atoms. The second kappa shape index (κ2) is 27.8. The van der Waals surface area contributed by atoms with Crippen LogP contribution in [0.5, 0.6) is 11.5 Å². The van der Waals surface area contributed by atoms with Crippen molar-refractivity contribution in [2.45, 2.75) is 109 Å². The number of halogens is 4. The van der Waals surface area contributed by atoms with Gasteiger partial charge in [-0.1, -0.05) is 45.0 Å². The van der Waals surface area contributed by atoms with E-state index in [9.17, 15) is 37.1 Å². The second-order valence-electron chi connectivity index (χ2n) is 19.3. The first-order valence-electron chi connectivity index (χ1n) is 25.6. The first-order chi connectivity index (χ1) is 35.5. The number of fused-ring (bicyclic) bond motifs is 1. The van der Waals surface area contributed by atoms with E-state index >= 15 is 0 Å². The Labute approximate surface area is 437 Å². The highest BCUT2D eigenvalue weighted by atomic mass is 32.2. The Hall–Kier alpha value is -5.62. The van der Waals surface area contributed by atoms with Crippen molar-refractivity contribution in [1.82, 2.24) is 15.5 Å². The number of rotatable bonds is 27. The van der Waals surface area contributed by atoms with Crippen molar-refractivity contribution in [1.29, 1.82) is 0 Å². The number of Topliss-reactive ketones (excluding diaryl/α,β-unsaturated/α-hetero) is 1. The van der Waals surface area contributed by atoms with Gasteiger partial charge in [0.25, 0.3) is 5.91 Å². The van der Waals surface area contributed by atoms with Crippen molar-refractivity contribution >= 4 is 29.4 Å². The van der Waals surface area contributed by atoms with Crippen LogP contribution in [0.3, 0.4) is 0 Å². The van der Waals surface area contributed by atoms with E-state index in [0.717, 1.165) is 29.9 Å². The Morgan fingerprint density at radius 2 is 1.43 bits per heavy atom.